The molecule has 1 aliphatic carbocycles. The Balaban J connectivity index is 2.34. The monoisotopic (exact) mass is 236 g/mol. The van der Waals surface area contributed by atoms with Crippen molar-refractivity contribution < 1.29 is 8.78 Å². The average Bonchev–Trinajstić information content (AvgIpc) is 2.65. The second kappa shape index (κ2) is 3.29. The van der Waals surface area contributed by atoms with Crippen molar-refractivity contribution in [3.63, 3.8) is 0 Å². The lowest BCUT2D eigenvalue weighted by Crippen LogP contribution is -1.91. The number of hydrogen-bond donors (Lipinski definition) is 0. The van der Waals surface area contributed by atoms with Crippen LogP contribution in [-0.2, 0) is 6.42 Å². The van der Waals surface area contributed by atoms with E-state index >= 15 is 0 Å². The molecule has 0 bridgehead atoms. The van der Waals surface area contributed by atoms with Crippen LogP contribution in [0.15, 0.2) is 30.3 Å². The molecule has 0 aliphatic heterocycles. The first-order valence-corrected chi connectivity index (χ1v) is 5.31. The number of halogens is 3. The predicted octanol–water partition coefficient (Wildman–Crippen LogP) is 4.19. The van der Waals surface area contributed by atoms with Crippen molar-refractivity contribution in [3.8, 4) is 11.1 Å². The zero-order valence-corrected chi connectivity index (χ0v) is 8.98. The largest absolute Gasteiger partial charge is 0.204 e. The van der Waals surface area contributed by atoms with Gasteiger partial charge >= 0.3 is 0 Å². The summed E-state index contributed by atoms with van der Waals surface area (Å²) in [7, 11) is 0. The van der Waals surface area contributed by atoms with Crippen LogP contribution in [0.1, 0.15) is 11.1 Å². The zero-order valence-electron chi connectivity index (χ0n) is 8.23. The van der Waals surface area contributed by atoms with E-state index in [-0.39, 0.29) is 5.02 Å². The molecule has 0 atom stereocenters. The average molecular weight is 237 g/mol. The van der Waals surface area contributed by atoms with E-state index in [1.165, 1.54) is 6.07 Å². The molecule has 0 saturated carbocycles. The van der Waals surface area contributed by atoms with Gasteiger partial charge in [0.05, 0.1) is 5.02 Å². The van der Waals surface area contributed by atoms with E-state index in [1.807, 2.05) is 24.3 Å². The molecule has 0 unspecified atom stereocenters. The van der Waals surface area contributed by atoms with Crippen LogP contribution in [0.2, 0.25) is 5.02 Å². The molecule has 0 N–H and O–H groups in total. The molecule has 1 aliphatic rings. The van der Waals surface area contributed by atoms with Crippen LogP contribution in [0.5, 0.6) is 0 Å². The second-order valence-corrected chi connectivity index (χ2v) is 4.22. The fraction of sp³-hybridized carbons (Fsp3) is 0.0769. The lowest BCUT2D eigenvalue weighted by atomic mass is 10.1. The lowest BCUT2D eigenvalue weighted by Gasteiger charge is -2.04. The maximum Gasteiger partial charge on any atom is 0.177 e. The lowest BCUT2D eigenvalue weighted by molar-refractivity contribution is 0.508. The highest BCUT2D eigenvalue weighted by Crippen LogP contribution is 2.41. The van der Waals surface area contributed by atoms with Gasteiger partial charge in [0.15, 0.2) is 11.6 Å². The highest BCUT2D eigenvalue weighted by molar-refractivity contribution is 6.32. The van der Waals surface area contributed by atoms with E-state index in [2.05, 4.69) is 0 Å². The number of fused-ring (bicyclic) bond motifs is 3. The van der Waals surface area contributed by atoms with Gasteiger partial charge in [-0.2, -0.15) is 0 Å². The van der Waals surface area contributed by atoms with E-state index < -0.39 is 11.6 Å². The van der Waals surface area contributed by atoms with E-state index in [0.29, 0.717) is 17.5 Å². The maximum absolute atomic E-state index is 13.3. The summed E-state index contributed by atoms with van der Waals surface area (Å²) in [5, 5.41) is -0.0915. The molecule has 0 fully saturated rings. The minimum atomic E-state index is -0.951. The maximum atomic E-state index is 13.3. The molecule has 16 heavy (non-hydrogen) atoms. The fourth-order valence-corrected chi connectivity index (χ4v) is 2.43. The van der Waals surface area contributed by atoms with Gasteiger partial charge in [-0.1, -0.05) is 35.9 Å². The van der Waals surface area contributed by atoms with Crippen molar-refractivity contribution in [3.05, 3.63) is 58.1 Å². The summed E-state index contributed by atoms with van der Waals surface area (Å²) >= 11 is 5.82. The first kappa shape index (κ1) is 9.79. The summed E-state index contributed by atoms with van der Waals surface area (Å²) in [4.78, 5) is 0. The molecule has 3 rings (SSSR count). The van der Waals surface area contributed by atoms with Crippen molar-refractivity contribution in [2.75, 3.05) is 0 Å². The molecule has 3 heteroatoms. The van der Waals surface area contributed by atoms with E-state index in [4.69, 9.17) is 11.6 Å². The topological polar surface area (TPSA) is 0 Å². The van der Waals surface area contributed by atoms with Crippen molar-refractivity contribution >= 4 is 11.6 Å². The Labute approximate surface area is 96.5 Å². The quantitative estimate of drug-likeness (QED) is 0.514. The predicted molar refractivity (Wildman–Crippen MR) is 59.6 cm³/mol. The first-order chi connectivity index (χ1) is 7.68. The van der Waals surface area contributed by atoms with Crippen LogP contribution < -0.4 is 0 Å². The molecule has 0 spiro atoms. The third-order valence-electron chi connectivity index (χ3n) is 2.94. The van der Waals surface area contributed by atoms with Crippen molar-refractivity contribution in [2.45, 2.75) is 6.42 Å². The van der Waals surface area contributed by atoms with E-state index in [9.17, 15) is 8.78 Å². The summed E-state index contributed by atoms with van der Waals surface area (Å²) in [5.74, 6) is -1.84. The zero-order chi connectivity index (χ0) is 11.3. The first-order valence-electron chi connectivity index (χ1n) is 4.93. The summed E-state index contributed by atoms with van der Waals surface area (Å²) in [6.45, 7) is 0. The molecule has 0 heterocycles. The van der Waals surface area contributed by atoms with Gasteiger partial charge in [-0.3, -0.25) is 0 Å². The van der Waals surface area contributed by atoms with Crippen molar-refractivity contribution in [1.29, 1.82) is 0 Å². The molecule has 0 saturated heterocycles. The smallest absolute Gasteiger partial charge is 0.177 e. The molecule has 2 aromatic carbocycles. The summed E-state index contributed by atoms with van der Waals surface area (Å²) < 4.78 is 26.6. The van der Waals surface area contributed by atoms with Crippen LogP contribution in [0.4, 0.5) is 8.78 Å². The van der Waals surface area contributed by atoms with Gasteiger partial charge in [-0.05, 0) is 28.3 Å². The highest BCUT2D eigenvalue weighted by atomic mass is 35.5. The number of rotatable bonds is 0. The van der Waals surface area contributed by atoms with Gasteiger partial charge in [0.2, 0.25) is 0 Å². The molecular weight excluding hydrogens is 230 g/mol. The van der Waals surface area contributed by atoms with Crippen molar-refractivity contribution in [1.82, 2.24) is 0 Å². The normalized spacial score (nSPS) is 12.4. The van der Waals surface area contributed by atoms with Crippen LogP contribution in [-0.4, -0.2) is 0 Å². The minimum absolute atomic E-state index is 0.0915. The minimum Gasteiger partial charge on any atom is -0.204 e. The molecule has 2 aromatic rings. The molecule has 0 radical (unpaired) electrons. The Morgan fingerprint density at radius 2 is 1.81 bits per heavy atom. The second-order valence-electron chi connectivity index (χ2n) is 3.85. The third-order valence-corrected chi connectivity index (χ3v) is 3.33. The van der Waals surface area contributed by atoms with Gasteiger partial charge in [-0.15, -0.1) is 0 Å². The SMILES string of the molecule is Fc1cc2c(c(Cl)c1F)Cc1ccccc1-2. The third kappa shape index (κ3) is 1.20. The van der Waals surface area contributed by atoms with E-state index in [0.717, 1.165) is 11.1 Å². The summed E-state index contributed by atoms with van der Waals surface area (Å²) in [6, 6.07) is 8.85. The Hall–Kier alpha value is -1.41. The van der Waals surface area contributed by atoms with Gasteiger partial charge in [0.1, 0.15) is 0 Å². The highest BCUT2D eigenvalue weighted by Gasteiger charge is 2.24. The van der Waals surface area contributed by atoms with Gasteiger partial charge < -0.3 is 0 Å². The van der Waals surface area contributed by atoms with Gasteiger partial charge in [-0.25, -0.2) is 8.78 Å². The van der Waals surface area contributed by atoms with Crippen molar-refractivity contribution in [2.24, 2.45) is 0 Å². The molecule has 0 nitrogen and oxygen atoms in total. The summed E-state index contributed by atoms with van der Waals surface area (Å²) in [6.07, 6.45) is 0.571. The Kier molecular flexibility index (Phi) is 2.01. The molecular formula is C13H7ClF2. The Morgan fingerprint density at radius 3 is 2.62 bits per heavy atom. The number of benzene rings is 2. The van der Waals surface area contributed by atoms with Crippen LogP contribution in [0.25, 0.3) is 11.1 Å². The van der Waals surface area contributed by atoms with E-state index in [1.54, 1.807) is 0 Å². The standard InChI is InChI=1S/C13H7ClF2/c14-12-10-5-7-3-1-2-4-8(7)9(10)6-11(15)13(12)16/h1-4,6H,5H2. The summed E-state index contributed by atoms with van der Waals surface area (Å²) in [5.41, 5.74) is 3.39. The van der Waals surface area contributed by atoms with Gasteiger partial charge in [0, 0.05) is 6.42 Å². The molecule has 80 valence electrons. The Bertz CT molecular complexity index is 591. The van der Waals surface area contributed by atoms with Crippen LogP contribution in [0, 0.1) is 11.6 Å². The van der Waals surface area contributed by atoms with Crippen LogP contribution >= 0.6 is 11.6 Å². The Morgan fingerprint density at radius 1 is 1.06 bits per heavy atom. The molecule has 0 aromatic heterocycles. The molecule has 0 amide bonds. The van der Waals surface area contributed by atoms with Crippen LogP contribution in [0.3, 0.4) is 0 Å². The number of hydrogen-bond acceptors (Lipinski definition) is 0. The fourth-order valence-electron chi connectivity index (χ4n) is 2.17. The van der Waals surface area contributed by atoms with Gasteiger partial charge in [0.25, 0.3) is 0 Å².